The van der Waals surface area contributed by atoms with Gasteiger partial charge in [-0.05, 0) is 156 Å². The SMILES string of the molecule is C(=C\c1ccc2c(c1)C1(Cc3ccccc3C1)c1cc(N(c3ccccc3)c3ccccc3)ccc1-2)/c1ccc(-c2ccc3cc(-c4ccccc4)c(-c4ccccc4)cc3c2)cc1. The van der Waals surface area contributed by atoms with Crippen LogP contribution in [0.3, 0.4) is 0 Å². The molecule has 0 amide bonds. The summed E-state index contributed by atoms with van der Waals surface area (Å²) in [6.45, 7) is 0. The van der Waals surface area contributed by atoms with Gasteiger partial charge >= 0.3 is 0 Å². The molecule has 302 valence electrons. The fourth-order valence-electron chi connectivity index (χ4n) is 10.5. The van der Waals surface area contributed by atoms with Crippen molar-refractivity contribution in [3.8, 4) is 44.5 Å². The van der Waals surface area contributed by atoms with Crippen molar-refractivity contribution < 1.29 is 0 Å². The molecule has 1 heteroatoms. The van der Waals surface area contributed by atoms with E-state index in [1.807, 2.05) is 0 Å². The van der Waals surface area contributed by atoms with Gasteiger partial charge in [0, 0.05) is 22.5 Å². The average molecular weight is 816 g/mol. The molecule has 0 atom stereocenters. The van der Waals surface area contributed by atoms with Crippen LogP contribution in [0.4, 0.5) is 17.1 Å². The highest BCUT2D eigenvalue weighted by molar-refractivity contribution is 5.98. The van der Waals surface area contributed by atoms with E-state index in [2.05, 4.69) is 254 Å². The van der Waals surface area contributed by atoms with Crippen LogP contribution in [0.15, 0.2) is 237 Å². The predicted octanol–water partition coefficient (Wildman–Crippen LogP) is 16.5. The van der Waals surface area contributed by atoms with Gasteiger partial charge in [0.2, 0.25) is 0 Å². The fraction of sp³-hybridized carbons (Fsp3) is 0.0476. The average Bonchev–Trinajstić information content (AvgIpc) is 3.89. The van der Waals surface area contributed by atoms with Crippen molar-refractivity contribution in [2.75, 3.05) is 4.90 Å². The molecular formula is C63H45N. The Morgan fingerprint density at radius 2 is 0.797 bits per heavy atom. The summed E-state index contributed by atoms with van der Waals surface area (Å²) in [5.74, 6) is 0. The molecule has 2 aliphatic rings. The lowest BCUT2D eigenvalue weighted by molar-refractivity contribution is 0.563. The lowest BCUT2D eigenvalue weighted by Crippen LogP contribution is -2.26. The number of fused-ring (bicyclic) bond motifs is 7. The molecule has 0 saturated heterocycles. The van der Waals surface area contributed by atoms with E-state index in [1.165, 1.54) is 94.3 Å². The predicted molar refractivity (Wildman–Crippen MR) is 270 cm³/mol. The Labute approximate surface area is 375 Å². The first kappa shape index (κ1) is 37.7. The van der Waals surface area contributed by atoms with Crippen molar-refractivity contribution in [1.82, 2.24) is 0 Å². The summed E-state index contributed by atoms with van der Waals surface area (Å²) in [5, 5.41) is 2.48. The van der Waals surface area contributed by atoms with Gasteiger partial charge in [-0.15, -0.1) is 0 Å². The smallest absolute Gasteiger partial charge is 0.0465 e. The maximum absolute atomic E-state index is 2.48. The monoisotopic (exact) mass is 815 g/mol. The van der Waals surface area contributed by atoms with Crippen molar-refractivity contribution >= 4 is 40.0 Å². The van der Waals surface area contributed by atoms with E-state index in [0.29, 0.717) is 0 Å². The second-order valence-electron chi connectivity index (χ2n) is 17.4. The standard InChI is InChI=1S/C63H45N/c1-5-15-47(16-6-1)59-39-50-33-32-49(38-53(50)40-60(59)48-17-7-2-8-18-48)46-30-27-44(28-31-46)25-26-45-29-35-57-58-36-34-56(64(54-21-9-3-10-22-54)55-23-11-4-12-24-55)41-62(58)63(61(57)37-45)42-51-19-13-14-20-52(51)43-63/h1-41H,42-43H2/b26-25+. The molecule has 0 heterocycles. The van der Waals surface area contributed by atoms with Crippen LogP contribution in [0.25, 0.3) is 67.4 Å². The van der Waals surface area contributed by atoms with E-state index in [1.54, 1.807) is 0 Å². The topological polar surface area (TPSA) is 3.24 Å². The summed E-state index contributed by atoms with van der Waals surface area (Å²) >= 11 is 0. The van der Waals surface area contributed by atoms with Crippen molar-refractivity contribution in [2.24, 2.45) is 0 Å². The third-order valence-electron chi connectivity index (χ3n) is 13.6. The Morgan fingerprint density at radius 3 is 1.41 bits per heavy atom. The second kappa shape index (κ2) is 15.7. The highest BCUT2D eigenvalue weighted by Gasteiger charge is 2.47. The molecule has 0 radical (unpaired) electrons. The van der Waals surface area contributed by atoms with Gasteiger partial charge < -0.3 is 4.90 Å². The first-order chi connectivity index (χ1) is 31.7. The highest BCUT2D eigenvalue weighted by Crippen LogP contribution is 2.57. The highest BCUT2D eigenvalue weighted by atomic mass is 15.1. The van der Waals surface area contributed by atoms with Crippen molar-refractivity contribution in [2.45, 2.75) is 18.3 Å². The van der Waals surface area contributed by atoms with Crippen LogP contribution in [0.1, 0.15) is 33.4 Å². The molecule has 0 unspecified atom stereocenters. The number of para-hydroxylation sites is 2. The van der Waals surface area contributed by atoms with Crippen LogP contribution in [0.2, 0.25) is 0 Å². The zero-order chi connectivity index (χ0) is 42.5. The summed E-state index contributed by atoms with van der Waals surface area (Å²) < 4.78 is 0. The van der Waals surface area contributed by atoms with Gasteiger partial charge in [-0.25, -0.2) is 0 Å². The van der Waals surface area contributed by atoms with E-state index in [-0.39, 0.29) is 5.41 Å². The molecule has 0 saturated carbocycles. The molecule has 0 bridgehead atoms. The fourth-order valence-corrected chi connectivity index (χ4v) is 10.5. The van der Waals surface area contributed by atoms with E-state index < -0.39 is 0 Å². The van der Waals surface area contributed by atoms with Crippen LogP contribution >= 0.6 is 0 Å². The van der Waals surface area contributed by atoms with E-state index in [4.69, 9.17) is 0 Å². The maximum atomic E-state index is 2.48. The van der Waals surface area contributed by atoms with Gasteiger partial charge in [-0.3, -0.25) is 0 Å². The minimum Gasteiger partial charge on any atom is -0.310 e. The molecule has 10 aromatic carbocycles. The molecule has 12 rings (SSSR count). The summed E-state index contributed by atoms with van der Waals surface area (Å²) in [7, 11) is 0. The van der Waals surface area contributed by atoms with Crippen LogP contribution in [0, 0.1) is 0 Å². The molecule has 0 aliphatic heterocycles. The number of hydrogen-bond acceptors (Lipinski definition) is 1. The first-order valence-electron chi connectivity index (χ1n) is 22.4. The second-order valence-corrected chi connectivity index (χ2v) is 17.4. The number of rotatable bonds is 8. The third kappa shape index (κ3) is 6.65. The summed E-state index contributed by atoms with van der Waals surface area (Å²) in [4.78, 5) is 2.39. The minimum absolute atomic E-state index is 0.139. The first-order valence-corrected chi connectivity index (χ1v) is 22.4. The van der Waals surface area contributed by atoms with Crippen LogP contribution in [-0.4, -0.2) is 0 Å². The molecular weight excluding hydrogens is 771 g/mol. The maximum Gasteiger partial charge on any atom is 0.0465 e. The lowest BCUT2D eigenvalue weighted by Gasteiger charge is -2.30. The number of benzene rings is 10. The summed E-state index contributed by atoms with van der Waals surface area (Å²) in [6.07, 6.45) is 6.54. The van der Waals surface area contributed by atoms with Gasteiger partial charge in [0.15, 0.2) is 0 Å². The van der Waals surface area contributed by atoms with E-state index in [9.17, 15) is 0 Å². The molecule has 2 aliphatic carbocycles. The number of nitrogens with zero attached hydrogens (tertiary/aromatic N) is 1. The Bertz CT molecular complexity index is 3280. The Kier molecular flexibility index (Phi) is 9.27. The molecule has 1 spiro atoms. The van der Waals surface area contributed by atoms with Crippen molar-refractivity contribution in [1.29, 1.82) is 0 Å². The number of hydrogen-bond donors (Lipinski definition) is 0. The quantitative estimate of drug-likeness (QED) is 0.138. The van der Waals surface area contributed by atoms with E-state index >= 15 is 0 Å². The molecule has 0 aromatic heterocycles. The molecule has 64 heavy (non-hydrogen) atoms. The molecule has 0 N–H and O–H groups in total. The third-order valence-corrected chi connectivity index (χ3v) is 13.6. The van der Waals surface area contributed by atoms with Gasteiger partial charge in [-0.1, -0.05) is 194 Å². The minimum atomic E-state index is -0.139. The zero-order valence-electron chi connectivity index (χ0n) is 35.5. The van der Waals surface area contributed by atoms with Gasteiger partial charge in [-0.2, -0.15) is 0 Å². The summed E-state index contributed by atoms with van der Waals surface area (Å²) in [5.41, 5.74) is 21.6. The molecule has 10 aromatic rings. The van der Waals surface area contributed by atoms with Gasteiger partial charge in [0.25, 0.3) is 0 Å². The van der Waals surface area contributed by atoms with Crippen molar-refractivity contribution in [3.05, 3.63) is 270 Å². The summed E-state index contributed by atoms with van der Waals surface area (Å²) in [6, 6.07) is 86.9. The van der Waals surface area contributed by atoms with Crippen LogP contribution in [0.5, 0.6) is 0 Å². The van der Waals surface area contributed by atoms with Gasteiger partial charge in [0.1, 0.15) is 0 Å². The lowest BCUT2D eigenvalue weighted by atomic mass is 9.75. The van der Waals surface area contributed by atoms with Gasteiger partial charge in [0.05, 0.1) is 0 Å². The zero-order valence-corrected chi connectivity index (χ0v) is 35.5. The molecule has 0 fully saturated rings. The molecule has 1 nitrogen and oxygen atoms in total. The Balaban J connectivity index is 0.863. The Hall–Kier alpha value is -8.00. The number of anilines is 3. The Morgan fingerprint density at radius 1 is 0.312 bits per heavy atom. The van der Waals surface area contributed by atoms with Crippen LogP contribution < -0.4 is 4.90 Å². The van der Waals surface area contributed by atoms with Crippen LogP contribution in [-0.2, 0) is 18.3 Å². The van der Waals surface area contributed by atoms with E-state index in [0.717, 1.165) is 24.2 Å². The normalized spacial score (nSPS) is 13.2. The van der Waals surface area contributed by atoms with Crippen molar-refractivity contribution in [3.63, 3.8) is 0 Å². The largest absolute Gasteiger partial charge is 0.310 e.